The van der Waals surface area contributed by atoms with E-state index in [1.165, 1.54) is 11.3 Å². The Morgan fingerprint density at radius 2 is 1.83 bits per heavy atom. The van der Waals surface area contributed by atoms with Gasteiger partial charge in [-0.3, -0.25) is 0 Å². The normalized spacial score (nSPS) is 12.7. The zero-order valence-electron chi connectivity index (χ0n) is 17.3. The molecule has 1 heterocycles. The van der Waals surface area contributed by atoms with Crippen molar-refractivity contribution in [2.75, 3.05) is 26.9 Å². The number of aliphatic hydroxyl groups is 2. The molecule has 1 aromatic rings. The lowest BCUT2D eigenvalue weighted by Crippen LogP contribution is -2.54. The molecule has 0 saturated heterocycles. The quantitative estimate of drug-likeness (QED) is 0.222. The number of esters is 2. The summed E-state index contributed by atoms with van der Waals surface area (Å²) >= 11 is 1.43. The molecule has 0 radical (unpaired) electrons. The van der Waals surface area contributed by atoms with E-state index in [0.29, 0.717) is 0 Å². The highest BCUT2D eigenvalue weighted by Crippen LogP contribution is 2.25. The van der Waals surface area contributed by atoms with E-state index in [-0.39, 0.29) is 32.7 Å². The van der Waals surface area contributed by atoms with Gasteiger partial charge in [-0.25, -0.2) is 9.59 Å². The number of aliphatic hydroxyl groups excluding tert-OH is 2. The van der Waals surface area contributed by atoms with Crippen molar-refractivity contribution in [3.05, 3.63) is 22.4 Å². The van der Waals surface area contributed by atoms with Crippen LogP contribution in [0.1, 0.15) is 32.8 Å². The third kappa shape index (κ3) is 8.94. The SMILES string of the molecule is C#CCC(O)OC(C)COC(Cc1ccsc1)(C(=O)OCC)C(=O)OCC.CO. The summed E-state index contributed by atoms with van der Waals surface area (Å²) in [5, 5.41) is 20.3. The molecule has 0 fully saturated rings. The van der Waals surface area contributed by atoms with Crippen LogP contribution in [0.4, 0.5) is 0 Å². The largest absolute Gasteiger partial charge is 0.463 e. The van der Waals surface area contributed by atoms with E-state index >= 15 is 0 Å². The monoisotopic (exact) mass is 430 g/mol. The average Bonchev–Trinajstić information content (AvgIpc) is 3.20. The molecule has 2 atom stereocenters. The van der Waals surface area contributed by atoms with Crippen LogP contribution in [0.2, 0.25) is 0 Å². The van der Waals surface area contributed by atoms with Gasteiger partial charge >= 0.3 is 11.9 Å². The Balaban J connectivity index is 0.00000379. The number of ether oxygens (including phenoxy) is 4. The Morgan fingerprint density at radius 1 is 1.24 bits per heavy atom. The summed E-state index contributed by atoms with van der Waals surface area (Å²) in [6.45, 7) is 4.93. The summed E-state index contributed by atoms with van der Waals surface area (Å²) in [5.41, 5.74) is -1.22. The maximum Gasteiger partial charge on any atom is 0.350 e. The highest BCUT2D eigenvalue weighted by molar-refractivity contribution is 7.07. The molecule has 0 aliphatic heterocycles. The van der Waals surface area contributed by atoms with Crippen LogP contribution in [0.15, 0.2) is 16.8 Å². The number of terminal acetylenes is 1. The second-order valence-electron chi connectivity index (χ2n) is 5.70. The fourth-order valence-electron chi connectivity index (χ4n) is 2.29. The first-order valence-corrected chi connectivity index (χ1v) is 10.0. The second-order valence-corrected chi connectivity index (χ2v) is 6.48. The summed E-state index contributed by atoms with van der Waals surface area (Å²) in [5.74, 6) is 0.626. The van der Waals surface area contributed by atoms with Gasteiger partial charge in [0.1, 0.15) is 0 Å². The zero-order chi connectivity index (χ0) is 22.3. The Bertz CT molecular complexity index is 605. The fraction of sp³-hybridized carbons (Fsp3) is 0.600. The van der Waals surface area contributed by atoms with Crippen LogP contribution < -0.4 is 0 Å². The minimum atomic E-state index is -1.96. The van der Waals surface area contributed by atoms with E-state index in [9.17, 15) is 14.7 Å². The molecule has 0 aliphatic carbocycles. The minimum absolute atomic E-state index is 0.0140. The van der Waals surface area contributed by atoms with Gasteiger partial charge in [0, 0.05) is 13.5 Å². The highest BCUT2D eigenvalue weighted by atomic mass is 32.1. The Kier molecular flexibility index (Phi) is 13.9. The molecular formula is C20H30O8S. The highest BCUT2D eigenvalue weighted by Gasteiger charge is 2.51. The van der Waals surface area contributed by atoms with Gasteiger partial charge in [0.25, 0.3) is 5.60 Å². The first-order valence-electron chi connectivity index (χ1n) is 9.10. The van der Waals surface area contributed by atoms with E-state index in [0.717, 1.165) is 12.7 Å². The van der Waals surface area contributed by atoms with E-state index in [1.54, 1.807) is 26.8 Å². The molecule has 0 saturated carbocycles. The Morgan fingerprint density at radius 3 is 2.28 bits per heavy atom. The van der Waals surface area contributed by atoms with Gasteiger partial charge in [-0.15, -0.1) is 12.3 Å². The van der Waals surface area contributed by atoms with Crippen molar-refractivity contribution in [2.24, 2.45) is 0 Å². The summed E-state index contributed by atoms with van der Waals surface area (Å²) in [6.07, 6.45) is 3.32. The number of carbonyl (C=O) groups excluding carboxylic acids is 2. The van der Waals surface area contributed by atoms with Crippen molar-refractivity contribution >= 4 is 23.3 Å². The van der Waals surface area contributed by atoms with Gasteiger partial charge in [-0.05, 0) is 43.2 Å². The van der Waals surface area contributed by atoms with Crippen LogP contribution in [0.5, 0.6) is 0 Å². The van der Waals surface area contributed by atoms with Crippen LogP contribution in [-0.4, -0.2) is 67.1 Å². The Hall–Kier alpha value is -1.96. The molecule has 0 aromatic carbocycles. The smallest absolute Gasteiger partial charge is 0.350 e. The first-order chi connectivity index (χ1) is 13.9. The van der Waals surface area contributed by atoms with E-state index in [1.807, 2.05) is 10.8 Å². The molecular weight excluding hydrogens is 400 g/mol. The summed E-state index contributed by atoms with van der Waals surface area (Å²) in [6, 6.07) is 1.79. The van der Waals surface area contributed by atoms with E-state index < -0.39 is 29.9 Å². The molecule has 0 aliphatic rings. The maximum absolute atomic E-state index is 12.7. The van der Waals surface area contributed by atoms with Crippen LogP contribution in [0.3, 0.4) is 0 Å². The lowest BCUT2D eigenvalue weighted by atomic mass is 9.95. The lowest BCUT2D eigenvalue weighted by molar-refractivity contribution is -0.201. The topological polar surface area (TPSA) is 112 Å². The first kappa shape index (κ1) is 27.0. The molecule has 164 valence electrons. The molecule has 8 nitrogen and oxygen atoms in total. The molecule has 2 N–H and O–H groups in total. The molecule has 0 amide bonds. The van der Waals surface area contributed by atoms with Gasteiger partial charge in [-0.2, -0.15) is 11.3 Å². The van der Waals surface area contributed by atoms with Crippen molar-refractivity contribution in [1.29, 1.82) is 0 Å². The molecule has 0 spiro atoms. The summed E-state index contributed by atoms with van der Waals surface area (Å²) in [7, 11) is 1.00. The minimum Gasteiger partial charge on any atom is -0.463 e. The molecule has 1 rings (SSSR count). The van der Waals surface area contributed by atoms with Crippen LogP contribution in [0, 0.1) is 12.3 Å². The van der Waals surface area contributed by atoms with Crippen molar-refractivity contribution in [3.8, 4) is 12.3 Å². The fourth-order valence-corrected chi connectivity index (χ4v) is 2.96. The van der Waals surface area contributed by atoms with E-state index in [4.69, 9.17) is 30.5 Å². The standard InChI is InChI=1S/C19H26O7S.CH4O/c1-5-8-16(20)26-14(4)12-25-19(17(21)23-6-2,18(22)24-7-3)11-15-9-10-27-13-15;1-2/h1,9-10,13-14,16,20H,6-8,11-12H2,2-4H3;2H,1H3. The van der Waals surface area contributed by atoms with Crippen LogP contribution in [-0.2, 0) is 35.0 Å². The summed E-state index contributed by atoms with van der Waals surface area (Å²) in [4.78, 5) is 25.4. The number of thiophene rings is 1. The van der Waals surface area contributed by atoms with Gasteiger partial charge in [0.15, 0.2) is 6.29 Å². The van der Waals surface area contributed by atoms with Gasteiger partial charge in [0.05, 0.1) is 32.3 Å². The summed E-state index contributed by atoms with van der Waals surface area (Å²) < 4.78 is 21.2. The van der Waals surface area contributed by atoms with Gasteiger partial charge in [0.2, 0.25) is 0 Å². The van der Waals surface area contributed by atoms with Crippen LogP contribution >= 0.6 is 11.3 Å². The number of rotatable bonds is 12. The number of hydrogen-bond donors (Lipinski definition) is 2. The molecule has 2 unspecified atom stereocenters. The molecule has 1 aromatic heterocycles. The van der Waals surface area contributed by atoms with Crippen molar-refractivity contribution in [3.63, 3.8) is 0 Å². The van der Waals surface area contributed by atoms with E-state index in [2.05, 4.69) is 5.92 Å². The van der Waals surface area contributed by atoms with Crippen LogP contribution in [0.25, 0.3) is 0 Å². The molecule has 9 heteroatoms. The van der Waals surface area contributed by atoms with Gasteiger partial charge < -0.3 is 29.2 Å². The predicted octanol–water partition coefficient (Wildman–Crippen LogP) is 1.53. The van der Waals surface area contributed by atoms with Crippen molar-refractivity contribution in [1.82, 2.24) is 0 Å². The number of carbonyl (C=O) groups is 2. The van der Waals surface area contributed by atoms with Gasteiger partial charge in [-0.1, -0.05) is 0 Å². The Labute approximate surface area is 175 Å². The third-order valence-electron chi connectivity index (χ3n) is 3.49. The maximum atomic E-state index is 12.7. The molecule has 29 heavy (non-hydrogen) atoms. The van der Waals surface area contributed by atoms with Crippen molar-refractivity contribution in [2.45, 2.75) is 51.6 Å². The zero-order valence-corrected chi connectivity index (χ0v) is 18.1. The molecule has 0 bridgehead atoms. The second kappa shape index (κ2) is 15.0. The average molecular weight is 431 g/mol. The lowest BCUT2D eigenvalue weighted by Gasteiger charge is -2.30. The number of hydrogen-bond acceptors (Lipinski definition) is 9. The third-order valence-corrected chi connectivity index (χ3v) is 4.22. The predicted molar refractivity (Wildman–Crippen MR) is 108 cm³/mol. The van der Waals surface area contributed by atoms with Crippen molar-refractivity contribution < 1.29 is 38.7 Å².